The number of aliphatic hydroxyl groups is 1. The van der Waals surface area contributed by atoms with Crippen LogP contribution < -0.4 is 0 Å². The Bertz CT molecular complexity index is 497. The van der Waals surface area contributed by atoms with E-state index < -0.39 is 5.60 Å². The van der Waals surface area contributed by atoms with Crippen molar-refractivity contribution in [1.82, 2.24) is 0 Å². The minimum absolute atomic E-state index is 0.351. The summed E-state index contributed by atoms with van der Waals surface area (Å²) < 4.78 is 18.9. The molecular formula is C11H9FO2. The van der Waals surface area contributed by atoms with Crippen LogP contribution in [-0.4, -0.2) is 5.11 Å². The molecule has 0 saturated heterocycles. The Labute approximate surface area is 80.0 Å². The molecular weight excluding hydrogens is 183 g/mol. The molecule has 3 heteroatoms. The summed E-state index contributed by atoms with van der Waals surface area (Å²) in [5.74, 6) is -0.351. The van der Waals surface area contributed by atoms with E-state index >= 15 is 0 Å². The second-order valence-electron chi connectivity index (χ2n) is 3.79. The third-order valence-corrected chi connectivity index (χ3v) is 2.79. The van der Waals surface area contributed by atoms with Gasteiger partial charge in [0, 0.05) is 5.56 Å². The standard InChI is InChI=1S/C11H9FO2/c12-10-7-3-6-14-9(7)2-1-8(10)11(13)4-5-11/h1-3,6,13H,4-5H2. The number of rotatable bonds is 1. The summed E-state index contributed by atoms with van der Waals surface area (Å²) >= 11 is 0. The number of halogens is 1. The highest BCUT2D eigenvalue weighted by atomic mass is 19.1. The zero-order valence-electron chi connectivity index (χ0n) is 7.46. The van der Waals surface area contributed by atoms with E-state index in [1.54, 1.807) is 18.2 Å². The van der Waals surface area contributed by atoms with Gasteiger partial charge >= 0.3 is 0 Å². The molecule has 1 fully saturated rings. The molecule has 72 valence electrons. The highest BCUT2D eigenvalue weighted by Crippen LogP contribution is 2.47. The van der Waals surface area contributed by atoms with Gasteiger partial charge in [0.2, 0.25) is 0 Å². The fourth-order valence-corrected chi connectivity index (χ4v) is 1.76. The van der Waals surface area contributed by atoms with E-state index in [9.17, 15) is 9.50 Å². The van der Waals surface area contributed by atoms with Gasteiger partial charge in [-0.15, -0.1) is 0 Å². The van der Waals surface area contributed by atoms with E-state index in [-0.39, 0.29) is 5.82 Å². The molecule has 2 nitrogen and oxygen atoms in total. The summed E-state index contributed by atoms with van der Waals surface area (Å²) in [6, 6.07) is 4.89. The lowest BCUT2D eigenvalue weighted by molar-refractivity contribution is 0.147. The van der Waals surface area contributed by atoms with Gasteiger partial charge in [0.25, 0.3) is 0 Å². The third-order valence-electron chi connectivity index (χ3n) is 2.79. The van der Waals surface area contributed by atoms with Crippen LogP contribution in [0.1, 0.15) is 18.4 Å². The third kappa shape index (κ3) is 0.930. The summed E-state index contributed by atoms with van der Waals surface area (Å²) in [5.41, 5.74) is -0.00266. The van der Waals surface area contributed by atoms with Gasteiger partial charge in [0.1, 0.15) is 11.4 Å². The van der Waals surface area contributed by atoms with Crippen molar-refractivity contribution in [3.8, 4) is 0 Å². The van der Waals surface area contributed by atoms with Gasteiger partial charge in [0.05, 0.1) is 17.3 Å². The van der Waals surface area contributed by atoms with E-state index in [2.05, 4.69) is 0 Å². The predicted molar refractivity (Wildman–Crippen MR) is 49.3 cm³/mol. The molecule has 0 radical (unpaired) electrons. The molecule has 1 heterocycles. The van der Waals surface area contributed by atoms with Crippen molar-refractivity contribution >= 4 is 11.0 Å². The first kappa shape index (κ1) is 8.00. The molecule has 1 aliphatic rings. The first-order valence-corrected chi connectivity index (χ1v) is 4.59. The average molecular weight is 192 g/mol. The first-order chi connectivity index (χ1) is 6.71. The number of benzene rings is 1. The molecule has 0 unspecified atom stereocenters. The van der Waals surface area contributed by atoms with Crippen molar-refractivity contribution in [2.24, 2.45) is 0 Å². The second kappa shape index (κ2) is 2.36. The molecule has 1 aromatic heterocycles. The molecule has 1 aliphatic carbocycles. The molecule has 14 heavy (non-hydrogen) atoms. The van der Waals surface area contributed by atoms with Gasteiger partial charge < -0.3 is 9.52 Å². The molecule has 2 aromatic rings. The summed E-state index contributed by atoms with van der Waals surface area (Å²) in [5, 5.41) is 10.3. The van der Waals surface area contributed by atoms with Crippen LogP contribution in [0.15, 0.2) is 28.9 Å². The van der Waals surface area contributed by atoms with E-state index in [4.69, 9.17) is 4.42 Å². The lowest BCUT2D eigenvalue weighted by atomic mass is 10.1. The minimum Gasteiger partial charge on any atom is -0.464 e. The summed E-state index contributed by atoms with van der Waals surface area (Å²) in [7, 11) is 0. The lowest BCUT2D eigenvalue weighted by Crippen LogP contribution is -2.06. The van der Waals surface area contributed by atoms with Crippen LogP contribution in [-0.2, 0) is 5.60 Å². The minimum atomic E-state index is -0.921. The van der Waals surface area contributed by atoms with Crippen LogP contribution in [0.25, 0.3) is 11.0 Å². The maximum absolute atomic E-state index is 13.8. The van der Waals surface area contributed by atoms with Crippen LogP contribution >= 0.6 is 0 Å². The van der Waals surface area contributed by atoms with Crippen molar-refractivity contribution in [1.29, 1.82) is 0 Å². The van der Waals surface area contributed by atoms with Gasteiger partial charge in [-0.05, 0) is 31.0 Å². The molecule has 0 bridgehead atoms. The highest BCUT2D eigenvalue weighted by molar-refractivity contribution is 5.79. The SMILES string of the molecule is OC1(c2ccc3occc3c2F)CC1. The fourth-order valence-electron chi connectivity index (χ4n) is 1.76. The Kier molecular flexibility index (Phi) is 1.35. The molecule has 1 saturated carbocycles. The second-order valence-corrected chi connectivity index (χ2v) is 3.79. The Morgan fingerprint density at radius 2 is 2.07 bits per heavy atom. The lowest BCUT2D eigenvalue weighted by Gasteiger charge is -2.08. The summed E-state index contributed by atoms with van der Waals surface area (Å²) in [4.78, 5) is 0. The number of hydrogen-bond acceptors (Lipinski definition) is 2. The van der Waals surface area contributed by atoms with E-state index in [0.29, 0.717) is 29.4 Å². The van der Waals surface area contributed by atoms with E-state index in [0.717, 1.165) is 0 Å². The Morgan fingerprint density at radius 1 is 1.29 bits per heavy atom. The smallest absolute Gasteiger partial charge is 0.140 e. The van der Waals surface area contributed by atoms with Crippen molar-refractivity contribution in [2.45, 2.75) is 18.4 Å². The molecule has 1 N–H and O–H groups in total. The molecule has 0 atom stereocenters. The van der Waals surface area contributed by atoms with Crippen molar-refractivity contribution in [3.05, 3.63) is 35.8 Å². The van der Waals surface area contributed by atoms with Gasteiger partial charge in [-0.1, -0.05) is 0 Å². The zero-order chi connectivity index (χ0) is 9.76. The quantitative estimate of drug-likeness (QED) is 0.753. The van der Waals surface area contributed by atoms with E-state index in [1.165, 1.54) is 6.26 Å². The first-order valence-electron chi connectivity index (χ1n) is 4.59. The molecule has 1 aromatic carbocycles. The van der Waals surface area contributed by atoms with Gasteiger partial charge in [-0.3, -0.25) is 0 Å². The maximum atomic E-state index is 13.8. The van der Waals surface area contributed by atoms with Gasteiger partial charge in [-0.2, -0.15) is 0 Å². The van der Waals surface area contributed by atoms with E-state index in [1.807, 2.05) is 0 Å². The van der Waals surface area contributed by atoms with Gasteiger partial charge in [0.15, 0.2) is 0 Å². The molecule has 3 rings (SSSR count). The zero-order valence-corrected chi connectivity index (χ0v) is 7.46. The number of fused-ring (bicyclic) bond motifs is 1. The van der Waals surface area contributed by atoms with Crippen molar-refractivity contribution < 1.29 is 13.9 Å². The molecule has 0 spiro atoms. The van der Waals surface area contributed by atoms with Crippen LogP contribution in [0.2, 0.25) is 0 Å². The Morgan fingerprint density at radius 3 is 2.79 bits per heavy atom. The van der Waals surface area contributed by atoms with Crippen LogP contribution in [0.4, 0.5) is 4.39 Å². The normalized spacial score (nSPS) is 18.7. The average Bonchev–Trinajstić information content (AvgIpc) is 2.75. The largest absolute Gasteiger partial charge is 0.464 e. The Hall–Kier alpha value is -1.35. The summed E-state index contributed by atoms with van der Waals surface area (Å²) in [6.07, 6.45) is 2.75. The maximum Gasteiger partial charge on any atom is 0.140 e. The van der Waals surface area contributed by atoms with Crippen molar-refractivity contribution in [3.63, 3.8) is 0 Å². The predicted octanol–water partition coefficient (Wildman–Crippen LogP) is 2.55. The summed E-state index contributed by atoms with van der Waals surface area (Å²) in [6.45, 7) is 0. The highest BCUT2D eigenvalue weighted by Gasteiger charge is 2.44. The number of hydrogen-bond donors (Lipinski definition) is 1. The van der Waals surface area contributed by atoms with Crippen molar-refractivity contribution in [2.75, 3.05) is 0 Å². The number of furan rings is 1. The Balaban J connectivity index is 2.30. The van der Waals surface area contributed by atoms with Crippen LogP contribution in [0.3, 0.4) is 0 Å². The molecule has 0 aliphatic heterocycles. The monoisotopic (exact) mass is 192 g/mol. The van der Waals surface area contributed by atoms with Crippen LogP contribution in [0, 0.1) is 5.82 Å². The fraction of sp³-hybridized carbons (Fsp3) is 0.273. The topological polar surface area (TPSA) is 33.4 Å². The van der Waals surface area contributed by atoms with Gasteiger partial charge in [-0.25, -0.2) is 4.39 Å². The molecule has 0 amide bonds. The van der Waals surface area contributed by atoms with Crippen LogP contribution in [0.5, 0.6) is 0 Å².